The average Bonchev–Trinajstić information content (AvgIpc) is 1.97. The van der Waals surface area contributed by atoms with Gasteiger partial charge in [-0.15, -0.1) is 0 Å². The first kappa shape index (κ1) is 11.8. The Hall–Kier alpha value is -0.200. The van der Waals surface area contributed by atoms with Crippen LogP contribution in [0.5, 0.6) is 0 Å². The summed E-state index contributed by atoms with van der Waals surface area (Å²) in [6, 6.07) is 2.65. The van der Waals surface area contributed by atoms with Crippen LogP contribution in [0, 0.1) is 11.3 Å². The van der Waals surface area contributed by atoms with Gasteiger partial charge in [0.2, 0.25) is 0 Å². The molecule has 0 aromatic carbocycles. The van der Waals surface area contributed by atoms with Crippen LogP contribution in [-0.4, -0.2) is 23.1 Å². The molecule has 2 nitrogen and oxygen atoms in total. The minimum absolute atomic E-state index is 0.00241. The Bertz CT molecular complexity index is 149. The summed E-state index contributed by atoms with van der Waals surface area (Å²) in [7, 11) is 0. The van der Waals surface area contributed by atoms with E-state index >= 15 is 0 Å². The molecule has 12 heavy (non-hydrogen) atoms. The Balaban J connectivity index is 3.63. The van der Waals surface area contributed by atoms with E-state index in [4.69, 9.17) is 5.26 Å². The molecule has 70 valence electrons. The quantitative estimate of drug-likeness (QED) is 0.713. The highest BCUT2D eigenvalue weighted by atomic mass is 32.2. The zero-order chi connectivity index (χ0) is 9.56. The molecular weight excluding hydrogens is 168 g/mol. The largest absolute Gasteiger partial charge is 0.299 e. The van der Waals surface area contributed by atoms with Gasteiger partial charge in [-0.1, -0.05) is 13.8 Å². The van der Waals surface area contributed by atoms with Crippen LogP contribution in [0.3, 0.4) is 0 Å². The average molecular weight is 186 g/mol. The molecule has 0 aromatic heterocycles. The van der Waals surface area contributed by atoms with Gasteiger partial charge in [0.25, 0.3) is 0 Å². The van der Waals surface area contributed by atoms with Crippen molar-refractivity contribution in [2.24, 2.45) is 0 Å². The fourth-order valence-electron chi connectivity index (χ4n) is 0.814. The Labute approximate surface area is 79.7 Å². The van der Waals surface area contributed by atoms with Crippen molar-refractivity contribution in [1.82, 2.24) is 5.32 Å². The lowest BCUT2D eigenvalue weighted by Gasteiger charge is -2.14. The lowest BCUT2D eigenvalue weighted by molar-refractivity contribution is 0.560. The molecule has 0 rings (SSSR count). The summed E-state index contributed by atoms with van der Waals surface area (Å²) in [5.74, 6) is 0.881. The monoisotopic (exact) mass is 186 g/mol. The van der Waals surface area contributed by atoms with Crippen LogP contribution in [0.2, 0.25) is 0 Å². The zero-order valence-corrected chi connectivity index (χ0v) is 9.11. The lowest BCUT2D eigenvalue weighted by Crippen LogP contribution is -2.35. The smallest absolute Gasteiger partial charge is 0.105 e. The number of hydrogen-bond acceptors (Lipinski definition) is 3. The van der Waals surface area contributed by atoms with Crippen molar-refractivity contribution >= 4 is 11.8 Å². The van der Waals surface area contributed by atoms with E-state index in [-0.39, 0.29) is 6.04 Å². The first-order valence-corrected chi connectivity index (χ1v) is 5.38. The van der Waals surface area contributed by atoms with E-state index < -0.39 is 0 Å². The fraction of sp³-hybridized carbons (Fsp3) is 0.889. The van der Waals surface area contributed by atoms with Crippen LogP contribution >= 0.6 is 11.8 Å². The van der Waals surface area contributed by atoms with Gasteiger partial charge in [-0.25, -0.2) is 0 Å². The van der Waals surface area contributed by atoms with E-state index in [2.05, 4.69) is 39.1 Å². The van der Waals surface area contributed by atoms with E-state index in [9.17, 15) is 0 Å². The van der Waals surface area contributed by atoms with Gasteiger partial charge in [0.15, 0.2) is 0 Å². The van der Waals surface area contributed by atoms with Crippen LogP contribution in [0.1, 0.15) is 27.7 Å². The molecule has 0 radical (unpaired) electrons. The molecule has 1 N–H and O–H groups in total. The molecule has 0 amide bonds. The van der Waals surface area contributed by atoms with E-state index in [1.54, 1.807) is 0 Å². The topological polar surface area (TPSA) is 35.8 Å². The third-order valence-corrected chi connectivity index (χ3v) is 2.48. The van der Waals surface area contributed by atoms with Gasteiger partial charge in [0, 0.05) is 11.8 Å². The highest BCUT2D eigenvalue weighted by molar-refractivity contribution is 7.99. The predicted molar refractivity (Wildman–Crippen MR) is 55.3 cm³/mol. The number of nitriles is 1. The summed E-state index contributed by atoms with van der Waals surface area (Å²) in [6.07, 6.45) is 0. The SMILES string of the molecule is CC(C)NC(C#N)CSC(C)C. The minimum atomic E-state index is -0.00241. The number of rotatable bonds is 5. The normalized spacial score (nSPS) is 13.4. The van der Waals surface area contributed by atoms with Gasteiger partial charge in [-0.05, 0) is 19.1 Å². The molecule has 1 atom stereocenters. The number of nitrogens with zero attached hydrogens (tertiary/aromatic N) is 1. The van der Waals surface area contributed by atoms with Gasteiger partial charge < -0.3 is 0 Å². The molecule has 0 aliphatic carbocycles. The molecule has 0 aromatic rings. The molecule has 3 heteroatoms. The Morgan fingerprint density at radius 3 is 2.25 bits per heavy atom. The summed E-state index contributed by atoms with van der Waals surface area (Å²) < 4.78 is 0. The molecule has 0 bridgehead atoms. The summed E-state index contributed by atoms with van der Waals surface area (Å²) in [6.45, 7) is 8.41. The Kier molecular flexibility index (Phi) is 6.23. The molecule has 0 heterocycles. The fourth-order valence-corrected chi connectivity index (χ4v) is 1.56. The molecule has 0 aliphatic heterocycles. The second-order valence-electron chi connectivity index (χ2n) is 3.39. The van der Waals surface area contributed by atoms with Crippen molar-refractivity contribution in [2.75, 3.05) is 5.75 Å². The Morgan fingerprint density at radius 1 is 1.33 bits per heavy atom. The van der Waals surface area contributed by atoms with E-state index in [1.807, 2.05) is 11.8 Å². The third-order valence-electron chi connectivity index (χ3n) is 1.29. The maximum Gasteiger partial charge on any atom is 0.105 e. The summed E-state index contributed by atoms with van der Waals surface area (Å²) in [5, 5.41) is 12.6. The van der Waals surface area contributed by atoms with Crippen molar-refractivity contribution < 1.29 is 0 Å². The predicted octanol–water partition coefficient (Wildman–Crippen LogP) is 2.02. The number of hydrogen-bond donors (Lipinski definition) is 1. The van der Waals surface area contributed by atoms with Gasteiger partial charge >= 0.3 is 0 Å². The second kappa shape index (κ2) is 6.33. The molecule has 0 aliphatic rings. The number of nitrogens with one attached hydrogen (secondary N) is 1. The summed E-state index contributed by atoms with van der Waals surface area (Å²) in [4.78, 5) is 0. The zero-order valence-electron chi connectivity index (χ0n) is 8.29. The van der Waals surface area contributed by atoms with Crippen molar-refractivity contribution in [3.05, 3.63) is 0 Å². The van der Waals surface area contributed by atoms with Crippen LogP contribution in [0.15, 0.2) is 0 Å². The van der Waals surface area contributed by atoms with E-state index in [0.29, 0.717) is 11.3 Å². The van der Waals surface area contributed by atoms with Crippen LogP contribution in [0.25, 0.3) is 0 Å². The molecule has 0 fully saturated rings. The van der Waals surface area contributed by atoms with E-state index in [0.717, 1.165) is 5.75 Å². The van der Waals surface area contributed by atoms with Gasteiger partial charge in [-0.2, -0.15) is 17.0 Å². The molecule has 1 unspecified atom stereocenters. The maximum atomic E-state index is 8.76. The second-order valence-corrected chi connectivity index (χ2v) is 4.99. The lowest BCUT2D eigenvalue weighted by atomic mass is 10.3. The van der Waals surface area contributed by atoms with Gasteiger partial charge in [0.1, 0.15) is 6.04 Å². The molecular formula is C9H18N2S. The van der Waals surface area contributed by atoms with Crippen LogP contribution in [-0.2, 0) is 0 Å². The summed E-state index contributed by atoms with van der Waals surface area (Å²) >= 11 is 1.82. The number of thioether (sulfide) groups is 1. The molecule has 0 saturated heterocycles. The maximum absolute atomic E-state index is 8.76. The third kappa shape index (κ3) is 6.51. The highest BCUT2D eigenvalue weighted by Gasteiger charge is 2.08. The van der Waals surface area contributed by atoms with Crippen molar-refractivity contribution in [2.45, 2.75) is 45.0 Å². The highest BCUT2D eigenvalue weighted by Crippen LogP contribution is 2.10. The van der Waals surface area contributed by atoms with Crippen LogP contribution in [0.4, 0.5) is 0 Å². The van der Waals surface area contributed by atoms with E-state index in [1.165, 1.54) is 0 Å². The van der Waals surface area contributed by atoms with Crippen molar-refractivity contribution in [3.63, 3.8) is 0 Å². The molecule has 0 spiro atoms. The molecule has 0 saturated carbocycles. The first-order chi connectivity index (χ1) is 5.56. The van der Waals surface area contributed by atoms with Crippen molar-refractivity contribution in [1.29, 1.82) is 5.26 Å². The minimum Gasteiger partial charge on any atom is -0.299 e. The van der Waals surface area contributed by atoms with Crippen molar-refractivity contribution in [3.8, 4) is 6.07 Å². The standard InChI is InChI=1S/C9H18N2S/c1-7(2)11-9(5-10)6-12-8(3)4/h7-9,11H,6H2,1-4H3. The first-order valence-electron chi connectivity index (χ1n) is 4.33. The summed E-state index contributed by atoms with van der Waals surface area (Å²) in [5.41, 5.74) is 0. The van der Waals surface area contributed by atoms with Gasteiger partial charge in [0.05, 0.1) is 6.07 Å². The van der Waals surface area contributed by atoms with Gasteiger partial charge in [-0.3, -0.25) is 5.32 Å². The van der Waals surface area contributed by atoms with Crippen LogP contribution < -0.4 is 5.32 Å². The Morgan fingerprint density at radius 2 is 1.92 bits per heavy atom.